The van der Waals surface area contributed by atoms with Crippen LogP contribution in [0, 0.1) is 0 Å². The molecule has 24 heavy (non-hydrogen) atoms. The molecule has 0 N–H and O–H groups in total. The van der Waals surface area contributed by atoms with Crippen molar-refractivity contribution in [1.29, 1.82) is 0 Å². The van der Waals surface area contributed by atoms with Gasteiger partial charge in [-0.2, -0.15) is 0 Å². The van der Waals surface area contributed by atoms with Gasteiger partial charge in [0.15, 0.2) is 0 Å². The fraction of sp³-hybridized carbons (Fsp3) is 0.364. The Bertz CT molecular complexity index is 621. The topological polar surface area (TPSA) is 0 Å². The zero-order chi connectivity index (χ0) is 17.8. The fourth-order valence-electron chi connectivity index (χ4n) is 3.61. The molecule has 0 amide bonds. The molecule has 0 unspecified atom stereocenters. The van der Waals surface area contributed by atoms with Gasteiger partial charge < -0.3 is 0 Å². The summed E-state index contributed by atoms with van der Waals surface area (Å²) in [6.45, 7) is 14.7. The Balaban J connectivity index is 2.16. The average Bonchev–Trinajstić information content (AvgIpc) is 2.55. The quantitative estimate of drug-likeness (QED) is 0.472. The third kappa shape index (κ3) is 4.81. The van der Waals surface area contributed by atoms with E-state index in [1.165, 1.54) is 12.1 Å². The van der Waals surface area contributed by atoms with Gasteiger partial charge in [-0.1, -0.05) is 108 Å². The summed E-state index contributed by atoms with van der Waals surface area (Å²) in [6.07, 6.45) is 0. The average molecular weight is 353 g/mol. The molecule has 0 bridgehead atoms. The zero-order valence-corrected chi connectivity index (χ0v) is 18.2. The minimum absolute atomic E-state index is 1.27. The highest BCUT2D eigenvalue weighted by Gasteiger charge is 2.27. The lowest BCUT2D eigenvalue weighted by molar-refractivity contribution is 1.18. The van der Waals surface area contributed by atoms with Crippen LogP contribution in [0.1, 0.15) is 13.8 Å². The van der Waals surface area contributed by atoms with Crippen LogP contribution in [0.4, 0.5) is 0 Å². The molecule has 2 heteroatoms. The van der Waals surface area contributed by atoms with E-state index < -0.39 is 16.1 Å². The highest BCUT2D eigenvalue weighted by molar-refractivity contribution is 6.91. The van der Waals surface area contributed by atoms with Crippen LogP contribution in [0.25, 0.3) is 0 Å². The van der Waals surface area contributed by atoms with Gasteiger partial charge in [0, 0.05) is 0 Å². The van der Waals surface area contributed by atoms with E-state index in [9.17, 15) is 0 Å². The predicted molar refractivity (Wildman–Crippen MR) is 115 cm³/mol. The Labute approximate surface area is 150 Å². The molecule has 2 aromatic rings. The van der Waals surface area contributed by atoms with Crippen molar-refractivity contribution in [2.24, 2.45) is 0 Å². The third-order valence-corrected chi connectivity index (χ3v) is 11.9. The van der Waals surface area contributed by atoms with E-state index in [2.05, 4.69) is 101 Å². The monoisotopic (exact) mass is 352 g/mol. The lowest BCUT2D eigenvalue weighted by Crippen LogP contribution is -2.42. The van der Waals surface area contributed by atoms with Gasteiger partial charge in [0.05, 0.1) is 16.1 Å². The molecular formula is C22H32Si2. The number of hydrogen-bond donors (Lipinski definition) is 0. The second-order valence-electron chi connectivity index (χ2n) is 8.41. The first-order chi connectivity index (χ1) is 11.2. The van der Waals surface area contributed by atoms with Gasteiger partial charge in [0.25, 0.3) is 0 Å². The summed E-state index contributed by atoms with van der Waals surface area (Å²) in [5, 5.41) is 3.13. The summed E-state index contributed by atoms with van der Waals surface area (Å²) >= 11 is 0. The summed E-state index contributed by atoms with van der Waals surface area (Å²) < 4.78 is 0. The van der Waals surface area contributed by atoms with Gasteiger partial charge in [-0.3, -0.25) is 0 Å². The molecule has 0 fully saturated rings. The van der Waals surface area contributed by atoms with Crippen molar-refractivity contribution in [1.82, 2.24) is 0 Å². The second kappa shape index (κ2) is 7.67. The van der Waals surface area contributed by atoms with Crippen LogP contribution in [0.2, 0.25) is 38.3 Å². The summed E-state index contributed by atoms with van der Waals surface area (Å²) in [4.78, 5) is 0. The first-order valence-electron chi connectivity index (χ1n) is 8.99. The van der Waals surface area contributed by atoms with Crippen molar-refractivity contribution in [3.63, 3.8) is 0 Å². The predicted octanol–water partition coefficient (Wildman–Crippen LogP) is 5.55. The van der Waals surface area contributed by atoms with Gasteiger partial charge in [-0.15, -0.1) is 0 Å². The number of rotatable bonds is 6. The summed E-state index contributed by atoms with van der Waals surface area (Å²) in [7, 11) is -2.80. The summed E-state index contributed by atoms with van der Waals surface area (Å²) in [5.74, 6) is 0. The maximum atomic E-state index is 2.50. The van der Waals surface area contributed by atoms with Crippen molar-refractivity contribution < 1.29 is 0 Å². The van der Waals surface area contributed by atoms with E-state index >= 15 is 0 Å². The minimum Gasteiger partial charge on any atom is -0.0770 e. The first-order valence-corrected chi connectivity index (χ1v) is 15.4. The lowest BCUT2D eigenvalue weighted by Gasteiger charge is -2.27. The van der Waals surface area contributed by atoms with Crippen LogP contribution in [0.15, 0.2) is 71.8 Å². The van der Waals surface area contributed by atoms with E-state index in [1.54, 1.807) is 21.5 Å². The number of benzene rings is 2. The van der Waals surface area contributed by atoms with E-state index in [0.717, 1.165) is 0 Å². The Morgan fingerprint density at radius 1 is 0.583 bits per heavy atom. The third-order valence-electron chi connectivity index (χ3n) is 5.25. The van der Waals surface area contributed by atoms with Crippen LogP contribution in [-0.4, -0.2) is 16.1 Å². The van der Waals surface area contributed by atoms with Crippen molar-refractivity contribution in [2.75, 3.05) is 0 Å². The Hall–Kier alpha value is -1.39. The van der Waals surface area contributed by atoms with Gasteiger partial charge in [0.2, 0.25) is 0 Å². The summed E-state index contributed by atoms with van der Waals surface area (Å²) in [6, 6.07) is 24.8. The molecule has 0 radical (unpaired) electrons. The molecule has 128 valence electrons. The standard InChI is InChI=1S/C22H32Si2/c1-19(17-23(3,4)21-13-9-7-10-14-21)20(2)18-24(5,6)22-15-11-8-12-16-22/h7-16H,17-18H2,1-6H3. The van der Waals surface area contributed by atoms with E-state index in [-0.39, 0.29) is 0 Å². The second-order valence-corrected chi connectivity index (χ2v) is 17.8. The Kier molecular flexibility index (Phi) is 6.05. The molecule has 0 aliphatic rings. The Morgan fingerprint density at radius 2 is 0.875 bits per heavy atom. The maximum absolute atomic E-state index is 2.50. The number of allylic oxidation sites excluding steroid dienone is 2. The molecule has 0 saturated carbocycles. The normalized spacial score (nSPS) is 13.6. The van der Waals surface area contributed by atoms with Crippen LogP contribution >= 0.6 is 0 Å². The van der Waals surface area contributed by atoms with Crippen LogP contribution in [0.3, 0.4) is 0 Å². The van der Waals surface area contributed by atoms with Gasteiger partial charge >= 0.3 is 0 Å². The molecule has 2 rings (SSSR count). The van der Waals surface area contributed by atoms with Crippen LogP contribution in [-0.2, 0) is 0 Å². The molecule has 2 aromatic carbocycles. The first kappa shape index (κ1) is 18.9. The summed E-state index contributed by atoms with van der Waals surface area (Å²) in [5.41, 5.74) is 3.24. The van der Waals surface area contributed by atoms with Crippen LogP contribution in [0.5, 0.6) is 0 Å². The van der Waals surface area contributed by atoms with E-state index in [1.807, 2.05) is 0 Å². The highest BCUT2D eigenvalue weighted by atomic mass is 28.3. The molecule has 0 aliphatic carbocycles. The van der Waals surface area contributed by atoms with Crippen molar-refractivity contribution in [3.8, 4) is 0 Å². The van der Waals surface area contributed by atoms with Crippen molar-refractivity contribution >= 4 is 26.5 Å². The molecular weight excluding hydrogens is 320 g/mol. The van der Waals surface area contributed by atoms with E-state index in [0.29, 0.717) is 0 Å². The maximum Gasteiger partial charge on any atom is 0.0845 e. The largest absolute Gasteiger partial charge is 0.0845 e. The molecule has 0 heterocycles. The Morgan fingerprint density at radius 3 is 1.17 bits per heavy atom. The molecule has 0 saturated heterocycles. The zero-order valence-electron chi connectivity index (χ0n) is 16.2. The van der Waals surface area contributed by atoms with Gasteiger partial charge in [-0.25, -0.2) is 0 Å². The fourth-order valence-corrected chi connectivity index (χ4v) is 9.46. The van der Waals surface area contributed by atoms with Crippen molar-refractivity contribution in [3.05, 3.63) is 71.8 Å². The lowest BCUT2D eigenvalue weighted by atomic mass is 10.2. The molecule has 0 atom stereocenters. The van der Waals surface area contributed by atoms with Crippen molar-refractivity contribution in [2.45, 2.75) is 52.1 Å². The smallest absolute Gasteiger partial charge is 0.0770 e. The highest BCUT2D eigenvalue weighted by Crippen LogP contribution is 2.25. The number of hydrogen-bond acceptors (Lipinski definition) is 0. The molecule has 0 nitrogen and oxygen atoms in total. The molecule has 0 spiro atoms. The van der Waals surface area contributed by atoms with E-state index in [4.69, 9.17) is 0 Å². The van der Waals surface area contributed by atoms with Crippen LogP contribution < -0.4 is 10.4 Å². The van der Waals surface area contributed by atoms with Gasteiger partial charge in [0.1, 0.15) is 0 Å². The van der Waals surface area contributed by atoms with Gasteiger partial charge in [-0.05, 0) is 25.9 Å². The minimum atomic E-state index is -1.40. The molecule has 0 aromatic heterocycles. The molecule has 0 aliphatic heterocycles. The SMILES string of the molecule is CC(C[Si](C)(C)c1ccccc1)=C(C)C[Si](C)(C)c1ccccc1.